The van der Waals surface area contributed by atoms with Gasteiger partial charge in [0.15, 0.2) is 0 Å². The molecule has 0 bridgehead atoms. The van der Waals surface area contributed by atoms with E-state index in [0.717, 1.165) is 28.3 Å². The van der Waals surface area contributed by atoms with E-state index in [1.54, 1.807) is 0 Å². The van der Waals surface area contributed by atoms with E-state index >= 15 is 0 Å². The van der Waals surface area contributed by atoms with E-state index in [9.17, 15) is 0 Å². The van der Waals surface area contributed by atoms with E-state index < -0.39 is 5.41 Å². The predicted octanol–water partition coefficient (Wildman–Crippen LogP) is 17.6. The molecule has 0 saturated heterocycles. The lowest BCUT2D eigenvalue weighted by molar-refractivity contribution is 0.768. The van der Waals surface area contributed by atoms with Crippen LogP contribution < -0.4 is 4.90 Å². The fraction of sp³-hybridized carbons (Fsp3) is 0.0149. The fourth-order valence-electron chi connectivity index (χ4n) is 11.1. The predicted molar refractivity (Wildman–Crippen MR) is 289 cm³/mol. The first-order chi connectivity index (χ1) is 34.2. The summed E-state index contributed by atoms with van der Waals surface area (Å²) in [4.78, 5) is 2.41. The highest BCUT2D eigenvalue weighted by Gasteiger charge is 2.46. The zero-order valence-electron chi connectivity index (χ0n) is 38.0. The van der Waals surface area contributed by atoms with Crippen molar-refractivity contribution in [2.45, 2.75) is 5.41 Å². The Morgan fingerprint density at radius 3 is 1.46 bits per heavy atom. The lowest BCUT2D eigenvalue weighted by Crippen LogP contribution is -2.28. The highest BCUT2D eigenvalue weighted by Crippen LogP contribution is 2.57. The van der Waals surface area contributed by atoms with Gasteiger partial charge in [-0.1, -0.05) is 212 Å². The number of nitrogens with zero attached hydrogens (tertiary/aromatic N) is 2. The number of para-hydroxylation sites is 2. The van der Waals surface area contributed by atoms with E-state index in [2.05, 4.69) is 289 Å². The first-order valence-electron chi connectivity index (χ1n) is 23.8. The zero-order chi connectivity index (χ0) is 45.7. The second kappa shape index (κ2) is 16.7. The zero-order valence-corrected chi connectivity index (χ0v) is 38.0. The summed E-state index contributed by atoms with van der Waals surface area (Å²) in [6.07, 6.45) is 0. The summed E-state index contributed by atoms with van der Waals surface area (Å²) in [5.41, 5.74) is 21.2. The quantitative estimate of drug-likeness (QED) is 0.140. The number of benzene rings is 11. The lowest BCUT2D eigenvalue weighted by atomic mass is 9.67. The number of aromatic nitrogens is 1. The van der Waals surface area contributed by atoms with Crippen molar-refractivity contribution in [3.63, 3.8) is 0 Å². The summed E-state index contributed by atoms with van der Waals surface area (Å²) in [5.74, 6) is 0. The average Bonchev–Trinajstić information content (AvgIpc) is 3.92. The maximum atomic E-state index is 2.44. The van der Waals surface area contributed by atoms with Crippen molar-refractivity contribution in [2.24, 2.45) is 0 Å². The topological polar surface area (TPSA) is 8.17 Å². The molecule has 2 heteroatoms. The molecule has 2 nitrogen and oxygen atoms in total. The summed E-state index contributed by atoms with van der Waals surface area (Å²) in [5, 5.41) is 2.49. The molecular weight excluding hydrogens is 833 g/mol. The molecule has 0 fully saturated rings. The highest BCUT2D eigenvalue weighted by atomic mass is 15.1. The van der Waals surface area contributed by atoms with Crippen molar-refractivity contribution in [3.05, 3.63) is 301 Å². The Morgan fingerprint density at radius 2 is 0.754 bits per heavy atom. The van der Waals surface area contributed by atoms with Crippen LogP contribution in [0.5, 0.6) is 0 Å². The first-order valence-corrected chi connectivity index (χ1v) is 23.8. The minimum absolute atomic E-state index is 0.493. The van der Waals surface area contributed by atoms with Crippen molar-refractivity contribution in [2.75, 3.05) is 4.90 Å². The summed E-state index contributed by atoms with van der Waals surface area (Å²) >= 11 is 0. The Bertz CT molecular complexity index is 3760. The van der Waals surface area contributed by atoms with Gasteiger partial charge in [-0.2, -0.15) is 0 Å². The average molecular weight is 879 g/mol. The molecule has 69 heavy (non-hydrogen) atoms. The van der Waals surface area contributed by atoms with Gasteiger partial charge in [-0.15, -0.1) is 0 Å². The Morgan fingerprint density at radius 1 is 0.275 bits per heavy atom. The summed E-state index contributed by atoms with van der Waals surface area (Å²) in [7, 11) is 0. The van der Waals surface area contributed by atoms with Crippen molar-refractivity contribution < 1.29 is 0 Å². The molecule has 1 heterocycles. The second-order valence-electron chi connectivity index (χ2n) is 18.1. The third-order valence-electron chi connectivity index (χ3n) is 14.3. The van der Waals surface area contributed by atoms with Crippen molar-refractivity contribution >= 4 is 38.9 Å². The Labute approximate surface area is 403 Å². The van der Waals surface area contributed by atoms with Gasteiger partial charge in [0.05, 0.1) is 16.4 Å². The van der Waals surface area contributed by atoms with E-state index in [0.29, 0.717) is 0 Å². The molecule has 12 aromatic rings. The lowest BCUT2D eigenvalue weighted by Gasteiger charge is -2.35. The fourth-order valence-corrected chi connectivity index (χ4v) is 11.1. The summed E-state index contributed by atoms with van der Waals surface area (Å²) in [6.45, 7) is 0. The molecule has 0 spiro atoms. The minimum atomic E-state index is -0.493. The van der Waals surface area contributed by atoms with Crippen molar-refractivity contribution in [1.29, 1.82) is 0 Å². The molecule has 1 aliphatic rings. The van der Waals surface area contributed by atoms with Gasteiger partial charge in [0.1, 0.15) is 0 Å². The van der Waals surface area contributed by atoms with Crippen LogP contribution in [-0.4, -0.2) is 4.57 Å². The second-order valence-corrected chi connectivity index (χ2v) is 18.1. The van der Waals surface area contributed by atoms with Gasteiger partial charge in [-0.3, -0.25) is 0 Å². The summed E-state index contributed by atoms with van der Waals surface area (Å²) in [6, 6.07) is 102. The molecule has 324 valence electrons. The molecular formula is C67H46N2. The Hall–Kier alpha value is -8.98. The van der Waals surface area contributed by atoms with Crippen LogP contribution in [0.1, 0.15) is 22.3 Å². The molecule has 11 aromatic carbocycles. The SMILES string of the molecule is c1ccc(-c2ccc(-n3c4ccccc4c4cc(-c5ccc(-c6cccc(N(c7ccccc7)c7ccc8c(c7)C(c7ccccc7)(c7ccccc7)c7ccccc7-8)c6)cc5)ccc43)cc2)cc1. The largest absolute Gasteiger partial charge is 0.310 e. The van der Waals surface area contributed by atoms with Gasteiger partial charge >= 0.3 is 0 Å². The third-order valence-corrected chi connectivity index (χ3v) is 14.3. The molecule has 0 saturated carbocycles. The van der Waals surface area contributed by atoms with Gasteiger partial charge in [0, 0.05) is 33.5 Å². The Balaban J connectivity index is 0.870. The van der Waals surface area contributed by atoms with Gasteiger partial charge in [0.2, 0.25) is 0 Å². The molecule has 0 unspecified atom stereocenters. The summed E-state index contributed by atoms with van der Waals surface area (Å²) < 4.78 is 2.39. The van der Waals surface area contributed by atoms with Crippen molar-refractivity contribution in [3.8, 4) is 50.2 Å². The monoisotopic (exact) mass is 878 g/mol. The smallest absolute Gasteiger partial charge is 0.0714 e. The van der Waals surface area contributed by atoms with Gasteiger partial charge in [-0.25, -0.2) is 0 Å². The molecule has 0 aliphatic heterocycles. The third kappa shape index (κ3) is 6.72. The minimum Gasteiger partial charge on any atom is -0.310 e. The maximum Gasteiger partial charge on any atom is 0.0714 e. The number of hydrogen-bond acceptors (Lipinski definition) is 1. The van der Waals surface area contributed by atoms with E-state index in [4.69, 9.17) is 0 Å². The molecule has 0 atom stereocenters. The maximum absolute atomic E-state index is 2.44. The van der Waals surface area contributed by atoms with Crippen LogP contribution in [0.2, 0.25) is 0 Å². The van der Waals surface area contributed by atoms with Crippen LogP contribution in [0, 0.1) is 0 Å². The molecule has 1 aliphatic carbocycles. The number of hydrogen-bond donors (Lipinski definition) is 0. The van der Waals surface area contributed by atoms with E-state index in [1.165, 1.54) is 83.0 Å². The van der Waals surface area contributed by atoms with Crippen LogP contribution in [0.15, 0.2) is 279 Å². The first kappa shape index (κ1) is 40.3. The van der Waals surface area contributed by atoms with Crippen LogP contribution in [-0.2, 0) is 5.41 Å². The number of fused-ring (bicyclic) bond motifs is 6. The molecule has 0 radical (unpaired) electrons. The van der Waals surface area contributed by atoms with Crippen LogP contribution in [0.25, 0.3) is 72.0 Å². The number of rotatable bonds is 9. The molecule has 1 aromatic heterocycles. The molecule has 0 amide bonds. The standard InChI is InChI=1S/C67H46N2/c1-5-18-47(19-6-1)48-36-39-56(40-37-48)69-65-31-16-14-29-61(65)62-45-52(38-43-66(62)69)50-34-32-49(33-35-50)51-20-17-27-57(44-51)68(55-25-11-4-12-26-55)58-41-42-60-59-28-13-15-30-63(59)67(64(60)46-58,53-21-7-2-8-22-53)54-23-9-3-10-24-54/h1-46H. The van der Waals surface area contributed by atoms with Crippen LogP contribution in [0.3, 0.4) is 0 Å². The van der Waals surface area contributed by atoms with Crippen LogP contribution >= 0.6 is 0 Å². The van der Waals surface area contributed by atoms with Gasteiger partial charge in [0.25, 0.3) is 0 Å². The normalized spacial score (nSPS) is 12.5. The Kier molecular flexibility index (Phi) is 9.77. The van der Waals surface area contributed by atoms with Crippen molar-refractivity contribution in [1.82, 2.24) is 4.57 Å². The number of anilines is 3. The molecule has 0 N–H and O–H groups in total. The highest BCUT2D eigenvalue weighted by molar-refractivity contribution is 6.10. The van der Waals surface area contributed by atoms with Gasteiger partial charge in [-0.05, 0) is 133 Å². The molecule has 13 rings (SSSR count). The van der Waals surface area contributed by atoms with Crippen LogP contribution in [0.4, 0.5) is 17.1 Å². The van der Waals surface area contributed by atoms with E-state index in [-0.39, 0.29) is 0 Å². The van der Waals surface area contributed by atoms with Gasteiger partial charge < -0.3 is 9.47 Å². The van der Waals surface area contributed by atoms with E-state index in [1.807, 2.05) is 0 Å².